The molecule has 1 aromatic heterocycles. The molecular formula is C10H15N3O2. The van der Waals surface area contributed by atoms with E-state index in [0.29, 0.717) is 18.1 Å². The normalized spacial score (nSPS) is 25.9. The van der Waals surface area contributed by atoms with Gasteiger partial charge in [-0.05, 0) is 13.3 Å². The summed E-state index contributed by atoms with van der Waals surface area (Å²) in [5.74, 6) is 0.616. The highest BCUT2D eigenvalue weighted by Crippen LogP contribution is 2.23. The SMILES string of the molecule is CC1(O)CCN(c2ncc(CO)cn2)C1. The van der Waals surface area contributed by atoms with E-state index >= 15 is 0 Å². The Labute approximate surface area is 88.4 Å². The first-order valence-electron chi connectivity index (χ1n) is 5.00. The molecule has 15 heavy (non-hydrogen) atoms. The van der Waals surface area contributed by atoms with Crippen molar-refractivity contribution in [2.75, 3.05) is 18.0 Å². The van der Waals surface area contributed by atoms with E-state index in [1.807, 2.05) is 11.8 Å². The number of β-amino-alcohol motifs (C(OH)–C–C–N with tert-alkyl or cyclic N) is 1. The molecule has 1 fully saturated rings. The average molecular weight is 209 g/mol. The zero-order chi connectivity index (χ0) is 10.9. The van der Waals surface area contributed by atoms with Crippen LogP contribution < -0.4 is 4.90 Å². The van der Waals surface area contributed by atoms with Crippen molar-refractivity contribution < 1.29 is 10.2 Å². The lowest BCUT2D eigenvalue weighted by molar-refractivity contribution is 0.0838. The standard InChI is InChI=1S/C10H15N3O2/c1-10(15)2-3-13(7-10)9-11-4-8(6-14)5-12-9/h4-5,14-15H,2-3,6-7H2,1H3. The number of anilines is 1. The highest BCUT2D eigenvalue weighted by molar-refractivity contribution is 5.32. The predicted molar refractivity (Wildman–Crippen MR) is 55.4 cm³/mol. The van der Waals surface area contributed by atoms with Gasteiger partial charge in [-0.3, -0.25) is 0 Å². The summed E-state index contributed by atoms with van der Waals surface area (Å²) in [4.78, 5) is 10.2. The molecule has 5 nitrogen and oxygen atoms in total. The van der Waals surface area contributed by atoms with Crippen LogP contribution in [0.1, 0.15) is 18.9 Å². The van der Waals surface area contributed by atoms with Gasteiger partial charge in [-0.2, -0.15) is 0 Å². The molecule has 0 saturated carbocycles. The second-order valence-corrected chi connectivity index (χ2v) is 4.22. The summed E-state index contributed by atoms with van der Waals surface area (Å²) < 4.78 is 0. The summed E-state index contributed by atoms with van der Waals surface area (Å²) in [5.41, 5.74) is 0.0589. The minimum Gasteiger partial charge on any atom is -0.392 e. The van der Waals surface area contributed by atoms with Crippen LogP contribution in [0.15, 0.2) is 12.4 Å². The molecule has 2 rings (SSSR count). The lowest BCUT2D eigenvalue weighted by Gasteiger charge is -2.18. The van der Waals surface area contributed by atoms with Gasteiger partial charge in [0.1, 0.15) is 0 Å². The van der Waals surface area contributed by atoms with Crippen molar-refractivity contribution in [2.24, 2.45) is 0 Å². The molecule has 0 aliphatic carbocycles. The van der Waals surface area contributed by atoms with Gasteiger partial charge in [0.25, 0.3) is 0 Å². The third-order valence-corrected chi connectivity index (χ3v) is 2.61. The summed E-state index contributed by atoms with van der Waals surface area (Å²) in [5, 5.41) is 18.6. The number of nitrogens with zero attached hydrogens (tertiary/aromatic N) is 3. The number of aliphatic hydroxyl groups is 2. The van der Waals surface area contributed by atoms with Crippen LogP contribution in [0.5, 0.6) is 0 Å². The van der Waals surface area contributed by atoms with E-state index in [0.717, 1.165) is 13.0 Å². The summed E-state index contributed by atoms with van der Waals surface area (Å²) in [7, 11) is 0. The van der Waals surface area contributed by atoms with Gasteiger partial charge in [-0.1, -0.05) is 0 Å². The molecule has 82 valence electrons. The van der Waals surface area contributed by atoms with Crippen molar-refractivity contribution in [1.29, 1.82) is 0 Å². The fraction of sp³-hybridized carbons (Fsp3) is 0.600. The Morgan fingerprint density at radius 1 is 1.47 bits per heavy atom. The van der Waals surface area contributed by atoms with E-state index in [2.05, 4.69) is 9.97 Å². The fourth-order valence-electron chi connectivity index (χ4n) is 1.71. The summed E-state index contributed by atoms with van der Waals surface area (Å²) >= 11 is 0. The Kier molecular flexibility index (Phi) is 2.58. The van der Waals surface area contributed by atoms with Gasteiger partial charge in [-0.25, -0.2) is 9.97 Å². The first-order chi connectivity index (χ1) is 7.11. The molecule has 1 aromatic rings. The van der Waals surface area contributed by atoms with Gasteiger partial charge in [0, 0.05) is 31.0 Å². The van der Waals surface area contributed by atoms with Crippen molar-refractivity contribution in [2.45, 2.75) is 25.6 Å². The van der Waals surface area contributed by atoms with Gasteiger partial charge < -0.3 is 15.1 Å². The van der Waals surface area contributed by atoms with Crippen molar-refractivity contribution >= 4 is 5.95 Å². The van der Waals surface area contributed by atoms with Crippen LogP contribution >= 0.6 is 0 Å². The van der Waals surface area contributed by atoms with Crippen LogP contribution in [0.4, 0.5) is 5.95 Å². The summed E-state index contributed by atoms with van der Waals surface area (Å²) in [6.45, 7) is 3.10. The van der Waals surface area contributed by atoms with Gasteiger partial charge in [-0.15, -0.1) is 0 Å². The molecule has 0 radical (unpaired) electrons. The zero-order valence-corrected chi connectivity index (χ0v) is 8.72. The molecule has 1 saturated heterocycles. The highest BCUT2D eigenvalue weighted by Gasteiger charge is 2.32. The Balaban J connectivity index is 2.11. The van der Waals surface area contributed by atoms with Gasteiger partial charge in [0.15, 0.2) is 0 Å². The Morgan fingerprint density at radius 3 is 2.60 bits per heavy atom. The first-order valence-corrected chi connectivity index (χ1v) is 5.00. The quantitative estimate of drug-likeness (QED) is 0.713. The number of aromatic nitrogens is 2. The van der Waals surface area contributed by atoms with Gasteiger partial charge in [0.05, 0.1) is 12.2 Å². The fourth-order valence-corrected chi connectivity index (χ4v) is 1.71. The van der Waals surface area contributed by atoms with Crippen LogP contribution in [0.25, 0.3) is 0 Å². The lowest BCUT2D eigenvalue weighted by Crippen LogP contribution is -2.30. The predicted octanol–water partition coefficient (Wildman–Crippen LogP) is -0.0700. The van der Waals surface area contributed by atoms with Crippen molar-refractivity contribution in [3.63, 3.8) is 0 Å². The van der Waals surface area contributed by atoms with Crippen LogP contribution in [0.2, 0.25) is 0 Å². The van der Waals surface area contributed by atoms with Crippen molar-refractivity contribution in [3.8, 4) is 0 Å². The molecule has 0 amide bonds. The molecule has 1 aliphatic rings. The molecular weight excluding hydrogens is 194 g/mol. The van der Waals surface area contributed by atoms with E-state index < -0.39 is 5.60 Å². The monoisotopic (exact) mass is 209 g/mol. The van der Waals surface area contributed by atoms with E-state index in [1.54, 1.807) is 12.4 Å². The smallest absolute Gasteiger partial charge is 0.225 e. The second kappa shape index (κ2) is 3.75. The maximum atomic E-state index is 9.79. The minimum absolute atomic E-state index is 0.0437. The Hall–Kier alpha value is -1.20. The molecule has 5 heteroatoms. The molecule has 0 aromatic carbocycles. The van der Waals surface area contributed by atoms with Gasteiger partial charge in [0.2, 0.25) is 5.95 Å². The zero-order valence-electron chi connectivity index (χ0n) is 8.72. The number of hydrogen-bond acceptors (Lipinski definition) is 5. The van der Waals surface area contributed by atoms with Crippen LogP contribution in [-0.4, -0.2) is 38.9 Å². The highest BCUT2D eigenvalue weighted by atomic mass is 16.3. The molecule has 1 aliphatic heterocycles. The molecule has 0 bridgehead atoms. The van der Waals surface area contributed by atoms with Gasteiger partial charge >= 0.3 is 0 Å². The number of hydrogen-bond donors (Lipinski definition) is 2. The third-order valence-electron chi connectivity index (χ3n) is 2.61. The summed E-state index contributed by atoms with van der Waals surface area (Å²) in [6.07, 6.45) is 3.95. The molecule has 2 heterocycles. The van der Waals surface area contributed by atoms with E-state index in [-0.39, 0.29) is 6.61 Å². The van der Waals surface area contributed by atoms with Crippen LogP contribution in [0, 0.1) is 0 Å². The number of aliphatic hydroxyl groups excluding tert-OH is 1. The lowest BCUT2D eigenvalue weighted by atomic mass is 10.1. The summed E-state index contributed by atoms with van der Waals surface area (Å²) in [6, 6.07) is 0. The maximum Gasteiger partial charge on any atom is 0.225 e. The van der Waals surface area contributed by atoms with Crippen molar-refractivity contribution in [1.82, 2.24) is 9.97 Å². The Bertz CT molecular complexity index is 337. The first kappa shape index (κ1) is 10.3. The molecule has 1 atom stereocenters. The van der Waals surface area contributed by atoms with E-state index in [4.69, 9.17) is 5.11 Å². The van der Waals surface area contributed by atoms with E-state index in [1.165, 1.54) is 0 Å². The number of rotatable bonds is 2. The second-order valence-electron chi connectivity index (χ2n) is 4.22. The molecule has 1 unspecified atom stereocenters. The largest absolute Gasteiger partial charge is 0.392 e. The average Bonchev–Trinajstić information content (AvgIpc) is 2.59. The maximum absolute atomic E-state index is 9.79. The Morgan fingerprint density at radius 2 is 2.13 bits per heavy atom. The minimum atomic E-state index is -0.640. The van der Waals surface area contributed by atoms with Crippen molar-refractivity contribution in [3.05, 3.63) is 18.0 Å². The van der Waals surface area contributed by atoms with E-state index in [9.17, 15) is 5.11 Å². The van der Waals surface area contributed by atoms with Crippen LogP contribution in [0.3, 0.4) is 0 Å². The molecule has 0 spiro atoms. The van der Waals surface area contributed by atoms with Crippen LogP contribution in [-0.2, 0) is 6.61 Å². The molecule has 2 N–H and O–H groups in total. The topological polar surface area (TPSA) is 69.5 Å². The third kappa shape index (κ3) is 2.24.